The third-order valence-corrected chi connectivity index (χ3v) is 1.93. The molecule has 1 aromatic rings. The van der Waals surface area contributed by atoms with Gasteiger partial charge in [0.25, 0.3) is 5.91 Å². The summed E-state index contributed by atoms with van der Waals surface area (Å²) in [5.74, 6) is -1.38. The second kappa shape index (κ2) is 5.11. The average molecular weight is 235 g/mol. The van der Waals surface area contributed by atoms with Gasteiger partial charge in [-0.05, 0) is 12.1 Å². The predicted molar refractivity (Wildman–Crippen MR) is 63.6 cm³/mol. The van der Waals surface area contributed by atoms with Crippen LogP contribution in [0.25, 0.3) is 0 Å². The largest absolute Gasteiger partial charge is 0.365 e. The molecule has 6 nitrogen and oxygen atoms in total. The van der Waals surface area contributed by atoms with E-state index in [1.807, 2.05) is 0 Å². The van der Waals surface area contributed by atoms with E-state index in [-0.39, 0.29) is 28.8 Å². The van der Waals surface area contributed by atoms with Gasteiger partial charge in [-0.2, -0.15) is 0 Å². The Kier molecular flexibility index (Phi) is 3.82. The maximum atomic E-state index is 11.3. The number of hydrogen-bond acceptors (Lipinski definition) is 3. The lowest BCUT2D eigenvalue weighted by atomic mass is 10.1. The second-order valence-electron chi connectivity index (χ2n) is 3.45. The quantitative estimate of drug-likeness (QED) is 0.718. The van der Waals surface area contributed by atoms with Crippen molar-refractivity contribution < 1.29 is 14.4 Å². The van der Waals surface area contributed by atoms with Gasteiger partial charge in [0.2, 0.25) is 11.8 Å². The fourth-order valence-corrected chi connectivity index (χ4v) is 1.41. The van der Waals surface area contributed by atoms with Crippen LogP contribution in [0.5, 0.6) is 0 Å². The molecule has 0 bridgehead atoms. The summed E-state index contributed by atoms with van der Waals surface area (Å²) in [6.45, 7) is 2.63. The van der Waals surface area contributed by atoms with Crippen LogP contribution in [0.15, 0.2) is 18.2 Å². The van der Waals surface area contributed by atoms with E-state index in [2.05, 4.69) is 10.6 Å². The van der Waals surface area contributed by atoms with Crippen molar-refractivity contribution in [3.05, 3.63) is 23.8 Å². The molecule has 4 N–H and O–H groups in total. The Hall–Kier alpha value is -2.37. The van der Waals surface area contributed by atoms with Gasteiger partial charge in [-0.15, -0.1) is 0 Å². The number of benzene rings is 1. The molecule has 0 fully saturated rings. The lowest BCUT2D eigenvalue weighted by Crippen LogP contribution is -2.20. The minimum Gasteiger partial charge on any atom is -0.365 e. The number of nitrogens with two attached hydrogens (primary N) is 1. The summed E-state index contributed by atoms with van der Waals surface area (Å²) in [7, 11) is 0. The molecule has 0 unspecified atom stereocenters. The van der Waals surface area contributed by atoms with Crippen molar-refractivity contribution in [3.63, 3.8) is 0 Å². The molecule has 0 aliphatic rings. The molecule has 1 rings (SSSR count). The first-order valence-corrected chi connectivity index (χ1v) is 4.90. The van der Waals surface area contributed by atoms with E-state index >= 15 is 0 Å². The van der Waals surface area contributed by atoms with E-state index in [1.165, 1.54) is 26.0 Å². The molecule has 6 heteroatoms. The monoisotopic (exact) mass is 235 g/mol. The zero-order chi connectivity index (χ0) is 13.0. The molecule has 0 saturated carbocycles. The molecule has 3 amide bonds. The first kappa shape index (κ1) is 12.7. The summed E-state index contributed by atoms with van der Waals surface area (Å²) in [4.78, 5) is 33.3. The Bertz CT molecular complexity index is 449. The average Bonchev–Trinajstić information content (AvgIpc) is 2.14. The third-order valence-electron chi connectivity index (χ3n) is 1.93. The SMILES string of the molecule is CC(=O)Nc1cccc(NC(C)=O)c1C(N)=O. The minimum atomic E-state index is -0.724. The Balaban J connectivity index is 3.26. The van der Waals surface area contributed by atoms with Gasteiger partial charge in [-0.1, -0.05) is 6.07 Å². The van der Waals surface area contributed by atoms with Crippen molar-refractivity contribution >= 4 is 29.1 Å². The highest BCUT2D eigenvalue weighted by molar-refractivity contribution is 6.09. The Labute approximate surface area is 98.2 Å². The summed E-state index contributed by atoms with van der Waals surface area (Å²) in [5.41, 5.74) is 5.86. The number of rotatable bonds is 3. The number of hydrogen-bond donors (Lipinski definition) is 3. The fraction of sp³-hybridized carbons (Fsp3) is 0.182. The van der Waals surface area contributed by atoms with Crippen LogP contribution >= 0.6 is 0 Å². The zero-order valence-corrected chi connectivity index (χ0v) is 9.53. The van der Waals surface area contributed by atoms with E-state index in [4.69, 9.17) is 5.73 Å². The standard InChI is InChI=1S/C11H13N3O3/c1-6(15)13-8-4-3-5-9(14-7(2)16)10(8)11(12)17/h3-5H,1-2H3,(H2,12,17)(H,13,15)(H,14,16). The van der Waals surface area contributed by atoms with Gasteiger partial charge in [0.15, 0.2) is 0 Å². The zero-order valence-electron chi connectivity index (χ0n) is 9.53. The molecule has 0 aromatic heterocycles. The number of carbonyl (C=O) groups is 3. The van der Waals surface area contributed by atoms with Gasteiger partial charge in [0.1, 0.15) is 0 Å². The van der Waals surface area contributed by atoms with E-state index in [0.29, 0.717) is 0 Å². The van der Waals surface area contributed by atoms with Crippen LogP contribution in [-0.4, -0.2) is 17.7 Å². The molecule has 0 aliphatic heterocycles. The normalized spacial score (nSPS) is 9.53. The predicted octanol–water partition coefficient (Wildman–Crippen LogP) is 0.702. The van der Waals surface area contributed by atoms with E-state index in [9.17, 15) is 14.4 Å². The molecule has 90 valence electrons. The Morgan fingerprint density at radius 3 is 1.71 bits per heavy atom. The Morgan fingerprint density at radius 1 is 1.00 bits per heavy atom. The first-order chi connectivity index (χ1) is 7.91. The summed E-state index contributed by atoms with van der Waals surface area (Å²) in [6, 6.07) is 4.67. The second-order valence-corrected chi connectivity index (χ2v) is 3.45. The summed E-state index contributed by atoms with van der Waals surface area (Å²) < 4.78 is 0. The van der Waals surface area contributed by atoms with E-state index in [1.54, 1.807) is 6.07 Å². The molecule has 0 spiro atoms. The number of amides is 3. The molecular formula is C11H13N3O3. The summed E-state index contributed by atoms with van der Waals surface area (Å²) >= 11 is 0. The van der Waals surface area contributed by atoms with Crippen molar-refractivity contribution in [2.24, 2.45) is 5.73 Å². The van der Waals surface area contributed by atoms with Gasteiger partial charge in [0.05, 0.1) is 16.9 Å². The van der Waals surface area contributed by atoms with Crippen molar-refractivity contribution in [2.75, 3.05) is 10.6 Å². The van der Waals surface area contributed by atoms with Crippen molar-refractivity contribution in [1.29, 1.82) is 0 Å². The van der Waals surface area contributed by atoms with Crippen molar-refractivity contribution in [1.82, 2.24) is 0 Å². The van der Waals surface area contributed by atoms with Gasteiger partial charge >= 0.3 is 0 Å². The highest BCUT2D eigenvalue weighted by Gasteiger charge is 2.15. The maximum Gasteiger partial charge on any atom is 0.252 e. The molecule has 1 aromatic carbocycles. The number of anilines is 2. The molecule has 17 heavy (non-hydrogen) atoms. The molecule has 0 heterocycles. The molecule has 0 aliphatic carbocycles. The van der Waals surface area contributed by atoms with Gasteiger partial charge in [-0.25, -0.2) is 0 Å². The maximum absolute atomic E-state index is 11.3. The number of carbonyl (C=O) groups excluding carboxylic acids is 3. The van der Waals surface area contributed by atoms with Crippen LogP contribution in [0.1, 0.15) is 24.2 Å². The number of nitrogens with one attached hydrogen (secondary N) is 2. The van der Waals surface area contributed by atoms with Gasteiger partial charge < -0.3 is 16.4 Å². The molecule has 0 radical (unpaired) electrons. The van der Waals surface area contributed by atoms with Crippen LogP contribution in [0.4, 0.5) is 11.4 Å². The molecular weight excluding hydrogens is 222 g/mol. The third kappa shape index (κ3) is 3.30. The highest BCUT2D eigenvalue weighted by Crippen LogP contribution is 2.24. The smallest absolute Gasteiger partial charge is 0.252 e. The summed E-state index contributed by atoms with van der Waals surface area (Å²) in [5, 5.41) is 4.95. The topological polar surface area (TPSA) is 101 Å². The lowest BCUT2D eigenvalue weighted by Gasteiger charge is -2.12. The Morgan fingerprint density at radius 2 is 1.41 bits per heavy atom. The van der Waals surface area contributed by atoms with Crippen LogP contribution in [0.2, 0.25) is 0 Å². The number of primary amides is 1. The molecule has 0 saturated heterocycles. The van der Waals surface area contributed by atoms with Crippen molar-refractivity contribution in [3.8, 4) is 0 Å². The van der Waals surface area contributed by atoms with Crippen LogP contribution in [0, 0.1) is 0 Å². The van der Waals surface area contributed by atoms with Gasteiger partial charge in [-0.3, -0.25) is 14.4 Å². The van der Waals surface area contributed by atoms with Crippen LogP contribution in [-0.2, 0) is 9.59 Å². The van der Waals surface area contributed by atoms with Crippen LogP contribution < -0.4 is 16.4 Å². The fourth-order valence-electron chi connectivity index (χ4n) is 1.41. The van der Waals surface area contributed by atoms with Gasteiger partial charge in [0, 0.05) is 13.8 Å². The first-order valence-electron chi connectivity index (χ1n) is 4.90. The summed E-state index contributed by atoms with van der Waals surface area (Å²) in [6.07, 6.45) is 0. The van der Waals surface area contributed by atoms with Crippen LogP contribution in [0.3, 0.4) is 0 Å². The molecule has 0 atom stereocenters. The van der Waals surface area contributed by atoms with E-state index in [0.717, 1.165) is 0 Å². The highest BCUT2D eigenvalue weighted by atomic mass is 16.2. The minimum absolute atomic E-state index is 0.0814. The lowest BCUT2D eigenvalue weighted by molar-refractivity contribution is -0.115. The van der Waals surface area contributed by atoms with Crippen molar-refractivity contribution in [2.45, 2.75) is 13.8 Å². The van der Waals surface area contributed by atoms with E-state index < -0.39 is 5.91 Å².